The third-order valence-corrected chi connectivity index (χ3v) is 3.51. The molecule has 1 aliphatic rings. The second-order valence-electron chi connectivity index (χ2n) is 6.04. The van der Waals surface area contributed by atoms with E-state index in [4.69, 9.17) is 9.47 Å². The predicted octanol–water partition coefficient (Wildman–Crippen LogP) is 1.44. The lowest BCUT2D eigenvalue weighted by Gasteiger charge is -2.42. The van der Waals surface area contributed by atoms with Gasteiger partial charge in [0, 0.05) is 19.6 Å². The van der Waals surface area contributed by atoms with Gasteiger partial charge in [0.1, 0.15) is 0 Å². The number of carbonyl (C=O) groups excluding carboxylic acids is 1. The number of aliphatic hydroxyl groups excluding tert-OH is 1. The molecule has 2 rings (SSSR count). The second kappa shape index (κ2) is 6.56. The summed E-state index contributed by atoms with van der Waals surface area (Å²) >= 11 is 0. The van der Waals surface area contributed by atoms with Crippen molar-refractivity contribution >= 4 is 5.97 Å². The van der Waals surface area contributed by atoms with Gasteiger partial charge in [-0.25, -0.2) is 4.79 Å². The Bertz CT molecular complexity index is 501. The zero-order valence-electron chi connectivity index (χ0n) is 12.8. The Balaban J connectivity index is 2.08. The number of methoxy groups -OCH3 is 1. The Morgan fingerprint density at radius 3 is 2.95 bits per heavy atom. The average Bonchev–Trinajstić information content (AvgIpc) is 2.45. The summed E-state index contributed by atoms with van der Waals surface area (Å²) in [5.41, 5.74) is 1.32. The van der Waals surface area contributed by atoms with E-state index in [2.05, 4.69) is 4.90 Å². The Kier molecular flexibility index (Phi) is 4.98. The first-order chi connectivity index (χ1) is 9.93. The fourth-order valence-electron chi connectivity index (χ4n) is 2.80. The first kappa shape index (κ1) is 15.9. The maximum atomic E-state index is 11.6. The SMILES string of the molecule is COC(=O)c1cccc(CN2CC(CO)OC(C)(C)C2)c1. The van der Waals surface area contributed by atoms with Crippen LogP contribution in [0.15, 0.2) is 24.3 Å². The third kappa shape index (κ3) is 4.27. The van der Waals surface area contributed by atoms with Crippen LogP contribution in [0.2, 0.25) is 0 Å². The fraction of sp³-hybridized carbons (Fsp3) is 0.562. The van der Waals surface area contributed by atoms with Gasteiger partial charge in [-0.05, 0) is 31.5 Å². The summed E-state index contributed by atoms with van der Waals surface area (Å²) in [6.45, 7) is 6.24. The Morgan fingerprint density at radius 1 is 1.52 bits per heavy atom. The normalized spacial score (nSPS) is 22.0. The molecular weight excluding hydrogens is 270 g/mol. The molecule has 0 aliphatic carbocycles. The summed E-state index contributed by atoms with van der Waals surface area (Å²) in [7, 11) is 1.38. The lowest BCUT2D eigenvalue weighted by Crippen LogP contribution is -2.53. The van der Waals surface area contributed by atoms with Crippen molar-refractivity contribution < 1.29 is 19.4 Å². The average molecular weight is 293 g/mol. The molecule has 21 heavy (non-hydrogen) atoms. The first-order valence-corrected chi connectivity index (χ1v) is 7.12. The largest absolute Gasteiger partial charge is 0.465 e. The molecule has 1 fully saturated rings. The molecule has 1 aromatic carbocycles. The third-order valence-electron chi connectivity index (χ3n) is 3.51. The van der Waals surface area contributed by atoms with E-state index in [1.807, 2.05) is 32.0 Å². The van der Waals surface area contributed by atoms with Gasteiger partial charge in [-0.1, -0.05) is 12.1 Å². The molecule has 1 atom stereocenters. The lowest BCUT2D eigenvalue weighted by molar-refractivity contribution is -0.150. The molecule has 0 radical (unpaired) electrons. The highest BCUT2D eigenvalue weighted by molar-refractivity contribution is 5.89. The summed E-state index contributed by atoms with van der Waals surface area (Å²) in [5, 5.41) is 9.34. The van der Waals surface area contributed by atoms with Gasteiger partial charge >= 0.3 is 5.97 Å². The van der Waals surface area contributed by atoms with Crippen molar-refractivity contribution in [3.05, 3.63) is 35.4 Å². The number of hydrogen-bond donors (Lipinski definition) is 1. The van der Waals surface area contributed by atoms with Crippen molar-refractivity contribution in [3.8, 4) is 0 Å². The van der Waals surface area contributed by atoms with Gasteiger partial charge in [-0.3, -0.25) is 4.90 Å². The van der Waals surface area contributed by atoms with Crippen LogP contribution in [0.5, 0.6) is 0 Å². The maximum Gasteiger partial charge on any atom is 0.337 e. The highest BCUT2D eigenvalue weighted by Crippen LogP contribution is 2.22. The van der Waals surface area contributed by atoms with Crippen molar-refractivity contribution in [3.63, 3.8) is 0 Å². The van der Waals surface area contributed by atoms with E-state index in [-0.39, 0.29) is 24.3 Å². The number of ether oxygens (including phenoxy) is 2. The summed E-state index contributed by atoms with van der Waals surface area (Å²) in [6, 6.07) is 7.44. The summed E-state index contributed by atoms with van der Waals surface area (Å²) < 4.78 is 10.5. The van der Waals surface area contributed by atoms with Crippen molar-refractivity contribution in [2.75, 3.05) is 26.8 Å². The highest BCUT2D eigenvalue weighted by atomic mass is 16.5. The van der Waals surface area contributed by atoms with Gasteiger partial charge in [0.05, 0.1) is 31.0 Å². The van der Waals surface area contributed by atoms with Gasteiger partial charge in [-0.2, -0.15) is 0 Å². The molecule has 0 saturated carbocycles. The zero-order chi connectivity index (χ0) is 15.5. The van der Waals surface area contributed by atoms with Crippen LogP contribution in [-0.2, 0) is 16.0 Å². The van der Waals surface area contributed by atoms with Crippen molar-refractivity contribution in [1.29, 1.82) is 0 Å². The number of nitrogens with zero attached hydrogens (tertiary/aromatic N) is 1. The molecule has 1 N–H and O–H groups in total. The monoisotopic (exact) mass is 293 g/mol. The van der Waals surface area contributed by atoms with Crippen molar-refractivity contribution in [2.45, 2.75) is 32.1 Å². The van der Waals surface area contributed by atoms with E-state index < -0.39 is 0 Å². The van der Waals surface area contributed by atoms with E-state index >= 15 is 0 Å². The topological polar surface area (TPSA) is 59.0 Å². The smallest absolute Gasteiger partial charge is 0.337 e. The molecule has 116 valence electrons. The molecule has 0 spiro atoms. The van der Waals surface area contributed by atoms with E-state index in [1.165, 1.54) is 7.11 Å². The zero-order valence-corrected chi connectivity index (χ0v) is 12.8. The minimum absolute atomic E-state index is 0.0160. The van der Waals surface area contributed by atoms with Gasteiger partial charge in [0.2, 0.25) is 0 Å². The lowest BCUT2D eigenvalue weighted by atomic mass is 10.0. The van der Waals surface area contributed by atoms with Gasteiger partial charge in [0.25, 0.3) is 0 Å². The van der Waals surface area contributed by atoms with Crippen LogP contribution < -0.4 is 0 Å². The van der Waals surface area contributed by atoms with Crippen molar-refractivity contribution in [2.24, 2.45) is 0 Å². The Hall–Kier alpha value is -1.43. The maximum absolute atomic E-state index is 11.6. The van der Waals surface area contributed by atoms with Crippen molar-refractivity contribution in [1.82, 2.24) is 4.90 Å². The Morgan fingerprint density at radius 2 is 2.29 bits per heavy atom. The number of hydrogen-bond acceptors (Lipinski definition) is 5. The molecule has 1 heterocycles. The van der Waals surface area contributed by atoms with E-state index in [9.17, 15) is 9.90 Å². The molecule has 1 unspecified atom stereocenters. The van der Waals surface area contributed by atoms with Crippen LogP contribution in [-0.4, -0.2) is 54.5 Å². The summed E-state index contributed by atoms with van der Waals surface area (Å²) in [4.78, 5) is 13.8. The van der Waals surface area contributed by atoms with E-state index in [0.29, 0.717) is 18.7 Å². The molecule has 5 heteroatoms. The van der Waals surface area contributed by atoms with Crippen LogP contribution in [0.3, 0.4) is 0 Å². The van der Waals surface area contributed by atoms with E-state index in [1.54, 1.807) is 6.07 Å². The van der Waals surface area contributed by atoms with Crippen LogP contribution in [0.4, 0.5) is 0 Å². The number of esters is 1. The first-order valence-electron chi connectivity index (χ1n) is 7.12. The van der Waals surface area contributed by atoms with Gasteiger partial charge < -0.3 is 14.6 Å². The van der Waals surface area contributed by atoms with Crippen LogP contribution >= 0.6 is 0 Å². The number of benzene rings is 1. The summed E-state index contributed by atoms with van der Waals surface area (Å²) in [6.07, 6.45) is -0.169. The molecule has 0 aromatic heterocycles. The quantitative estimate of drug-likeness (QED) is 0.851. The molecular formula is C16H23NO4. The fourth-order valence-corrected chi connectivity index (χ4v) is 2.80. The second-order valence-corrected chi connectivity index (χ2v) is 6.04. The summed E-state index contributed by atoms with van der Waals surface area (Å²) in [5.74, 6) is -0.326. The molecule has 5 nitrogen and oxygen atoms in total. The standard InChI is InChI=1S/C16H23NO4/c1-16(2)11-17(9-14(10-18)21-16)8-12-5-4-6-13(7-12)15(19)20-3/h4-7,14,18H,8-11H2,1-3H3. The van der Waals surface area contributed by atoms with Crippen LogP contribution in [0, 0.1) is 0 Å². The highest BCUT2D eigenvalue weighted by Gasteiger charge is 2.32. The number of rotatable bonds is 4. The number of carbonyl (C=O) groups is 1. The minimum atomic E-state index is -0.326. The Labute approximate surface area is 125 Å². The molecule has 0 amide bonds. The minimum Gasteiger partial charge on any atom is -0.465 e. The predicted molar refractivity (Wildman–Crippen MR) is 79.1 cm³/mol. The number of morpholine rings is 1. The number of aliphatic hydroxyl groups is 1. The molecule has 1 aromatic rings. The van der Waals surface area contributed by atoms with Crippen LogP contribution in [0.25, 0.3) is 0 Å². The molecule has 1 aliphatic heterocycles. The van der Waals surface area contributed by atoms with Crippen LogP contribution in [0.1, 0.15) is 29.8 Å². The molecule has 0 bridgehead atoms. The van der Waals surface area contributed by atoms with Gasteiger partial charge in [-0.15, -0.1) is 0 Å². The van der Waals surface area contributed by atoms with Gasteiger partial charge in [0.15, 0.2) is 0 Å². The van der Waals surface area contributed by atoms with E-state index in [0.717, 1.165) is 12.1 Å². The molecule has 1 saturated heterocycles.